The van der Waals surface area contributed by atoms with Gasteiger partial charge in [-0.2, -0.15) is 0 Å². The van der Waals surface area contributed by atoms with Gasteiger partial charge in [0.15, 0.2) is 0 Å². The molecule has 0 radical (unpaired) electrons. The average Bonchev–Trinajstić information content (AvgIpc) is 2.56. The van der Waals surface area contributed by atoms with E-state index in [1.54, 1.807) is 44.4 Å². The SMILES string of the molecule is CCOC(=O)c1ccc2c(=O)c3cc(SOC)ccc3oc2c1. The summed E-state index contributed by atoms with van der Waals surface area (Å²) in [6.45, 7) is 2.03. The molecule has 23 heavy (non-hydrogen) atoms. The second-order valence-electron chi connectivity index (χ2n) is 4.77. The Morgan fingerprint density at radius 1 is 1.13 bits per heavy atom. The van der Waals surface area contributed by atoms with Crippen molar-refractivity contribution in [1.29, 1.82) is 0 Å². The molecule has 0 fully saturated rings. The maximum Gasteiger partial charge on any atom is 0.338 e. The molecule has 0 saturated carbocycles. The molecule has 0 N–H and O–H groups in total. The van der Waals surface area contributed by atoms with Crippen LogP contribution in [0, 0.1) is 0 Å². The molecule has 0 bridgehead atoms. The van der Waals surface area contributed by atoms with Crippen molar-refractivity contribution in [3.05, 3.63) is 52.2 Å². The van der Waals surface area contributed by atoms with Crippen LogP contribution in [0.2, 0.25) is 0 Å². The largest absolute Gasteiger partial charge is 0.462 e. The van der Waals surface area contributed by atoms with Gasteiger partial charge in [0, 0.05) is 16.9 Å². The lowest BCUT2D eigenvalue weighted by atomic mass is 10.1. The van der Waals surface area contributed by atoms with Gasteiger partial charge in [0.05, 0.1) is 30.1 Å². The summed E-state index contributed by atoms with van der Waals surface area (Å²) in [5.41, 5.74) is 1.03. The van der Waals surface area contributed by atoms with Crippen LogP contribution in [-0.2, 0) is 8.92 Å². The molecule has 3 rings (SSSR count). The molecule has 3 aromatic rings. The standard InChI is InChI=1S/C17H14O5S/c1-3-21-17(19)10-4-6-12-15(8-10)22-14-7-5-11(23-20-2)9-13(14)16(12)18/h4-9H,3H2,1-2H3. The van der Waals surface area contributed by atoms with Crippen LogP contribution >= 0.6 is 12.0 Å². The molecule has 118 valence electrons. The van der Waals surface area contributed by atoms with Crippen molar-refractivity contribution in [1.82, 2.24) is 0 Å². The molecule has 0 aliphatic carbocycles. The van der Waals surface area contributed by atoms with Gasteiger partial charge in [-0.1, -0.05) is 0 Å². The number of carbonyl (C=O) groups is 1. The minimum absolute atomic E-state index is 0.143. The van der Waals surface area contributed by atoms with Gasteiger partial charge in [-0.05, 0) is 43.3 Å². The number of ether oxygens (including phenoxy) is 1. The van der Waals surface area contributed by atoms with Crippen molar-refractivity contribution in [3.8, 4) is 0 Å². The molecule has 0 unspecified atom stereocenters. The summed E-state index contributed by atoms with van der Waals surface area (Å²) in [4.78, 5) is 25.2. The van der Waals surface area contributed by atoms with E-state index in [1.165, 1.54) is 18.1 Å². The van der Waals surface area contributed by atoms with Gasteiger partial charge < -0.3 is 13.3 Å². The van der Waals surface area contributed by atoms with Gasteiger partial charge in [0.25, 0.3) is 0 Å². The molecule has 6 heteroatoms. The summed E-state index contributed by atoms with van der Waals surface area (Å²) in [6, 6.07) is 9.94. The van der Waals surface area contributed by atoms with Crippen molar-refractivity contribution < 1.29 is 18.1 Å². The summed E-state index contributed by atoms with van der Waals surface area (Å²) < 4.78 is 15.7. The fourth-order valence-corrected chi connectivity index (χ4v) is 2.80. The van der Waals surface area contributed by atoms with Crippen LogP contribution in [0.25, 0.3) is 21.9 Å². The fraction of sp³-hybridized carbons (Fsp3) is 0.176. The number of hydrogen-bond acceptors (Lipinski definition) is 6. The molecule has 0 amide bonds. The molecule has 1 heterocycles. The molecule has 0 aliphatic rings. The van der Waals surface area contributed by atoms with Gasteiger partial charge in [0.2, 0.25) is 5.43 Å². The topological polar surface area (TPSA) is 65.7 Å². The molecule has 0 atom stereocenters. The highest BCUT2D eigenvalue weighted by atomic mass is 32.2. The van der Waals surface area contributed by atoms with Crippen molar-refractivity contribution >= 4 is 40.0 Å². The summed E-state index contributed by atoms with van der Waals surface area (Å²) in [7, 11) is 1.56. The highest BCUT2D eigenvalue weighted by Crippen LogP contribution is 2.25. The van der Waals surface area contributed by atoms with E-state index in [9.17, 15) is 9.59 Å². The number of fused-ring (bicyclic) bond motifs is 2. The summed E-state index contributed by atoms with van der Waals surface area (Å²) >= 11 is 1.17. The van der Waals surface area contributed by atoms with Crippen molar-refractivity contribution in [2.75, 3.05) is 13.7 Å². The Morgan fingerprint density at radius 3 is 2.70 bits per heavy atom. The van der Waals surface area contributed by atoms with Crippen LogP contribution in [0.1, 0.15) is 17.3 Å². The van der Waals surface area contributed by atoms with Crippen LogP contribution < -0.4 is 5.43 Å². The van der Waals surface area contributed by atoms with Gasteiger partial charge in [-0.15, -0.1) is 0 Å². The number of benzene rings is 2. The lowest BCUT2D eigenvalue weighted by Crippen LogP contribution is -2.06. The fourth-order valence-electron chi connectivity index (χ4n) is 2.32. The lowest BCUT2D eigenvalue weighted by Gasteiger charge is -2.05. The zero-order valence-electron chi connectivity index (χ0n) is 12.6. The van der Waals surface area contributed by atoms with E-state index in [4.69, 9.17) is 13.3 Å². The maximum absolute atomic E-state index is 12.6. The van der Waals surface area contributed by atoms with Gasteiger partial charge in [-0.3, -0.25) is 4.79 Å². The second kappa shape index (κ2) is 6.44. The number of carbonyl (C=O) groups excluding carboxylic acids is 1. The predicted molar refractivity (Wildman–Crippen MR) is 88.8 cm³/mol. The molecule has 1 aromatic heterocycles. The van der Waals surface area contributed by atoms with Crippen LogP contribution in [0.3, 0.4) is 0 Å². The second-order valence-corrected chi connectivity index (χ2v) is 5.74. The quantitative estimate of drug-likeness (QED) is 0.412. The zero-order chi connectivity index (χ0) is 16.4. The van der Waals surface area contributed by atoms with Crippen LogP contribution in [-0.4, -0.2) is 19.7 Å². The zero-order valence-corrected chi connectivity index (χ0v) is 13.4. The molecular weight excluding hydrogens is 316 g/mol. The highest BCUT2D eigenvalue weighted by molar-refractivity contribution is 7.94. The first-order chi connectivity index (χ1) is 11.1. The third-order valence-electron chi connectivity index (χ3n) is 3.33. The highest BCUT2D eigenvalue weighted by Gasteiger charge is 2.12. The maximum atomic E-state index is 12.6. The number of esters is 1. The summed E-state index contributed by atoms with van der Waals surface area (Å²) in [5.74, 6) is -0.441. The first-order valence-corrected chi connectivity index (χ1v) is 7.76. The third kappa shape index (κ3) is 2.95. The van der Waals surface area contributed by atoms with Crippen molar-refractivity contribution in [2.45, 2.75) is 11.8 Å². The first-order valence-electron chi connectivity index (χ1n) is 7.02. The van der Waals surface area contributed by atoms with Gasteiger partial charge >= 0.3 is 5.97 Å². The minimum atomic E-state index is -0.441. The third-order valence-corrected chi connectivity index (χ3v) is 3.95. The smallest absolute Gasteiger partial charge is 0.338 e. The van der Waals surface area contributed by atoms with E-state index < -0.39 is 5.97 Å². The van der Waals surface area contributed by atoms with Crippen molar-refractivity contribution in [3.63, 3.8) is 0 Å². The Bertz CT molecular complexity index is 945. The molecule has 0 aliphatic heterocycles. The number of rotatable bonds is 4. The molecule has 0 spiro atoms. The van der Waals surface area contributed by atoms with Crippen LogP contribution in [0.15, 0.2) is 50.5 Å². The Hall–Kier alpha value is -2.31. The predicted octanol–water partition coefficient (Wildman–Crippen LogP) is 3.78. The Kier molecular flexibility index (Phi) is 4.36. The van der Waals surface area contributed by atoms with Gasteiger partial charge in [-0.25, -0.2) is 4.79 Å². The summed E-state index contributed by atoms with van der Waals surface area (Å²) in [6.07, 6.45) is 0. The van der Waals surface area contributed by atoms with Crippen LogP contribution in [0.4, 0.5) is 0 Å². The Labute approximate surface area is 136 Å². The van der Waals surface area contributed by atoms with E-state index in [1.807, 2.05) is 0 Å². The Morgan fingerprint density at radius 2 is 1.96 bits per heavy atom. The van der Waals surface area contributed by atoms with Crippen molar-refractivity contribution in [2.24, 2.45) is 0 Å². The van der Waals surface area contributed by atoms with E-state index >= 15 is 0 Å². The van der Waals surface area contributed by atoms with Gasteiger partial charge in [0.1, 0.15) is 11.2 Å². The molecule has 2 aromatic carbocycles. The normalized spacial score (nSPS) is 11.0. The lowest BCUT2D eigenvalue weighted by molar-refractivity contribution is 0.0526. The number of hydrogen-bond donors (Lipinski definition) is 0. The van der Waals surface area contributed by atoms with E-state index in [0.29, 0.717) is 34.1 Å². The van der Waals surface area contributed by atoms with E-state index in [-0.39, 0.29) is 5.43 Å². The van der Waals surface area contributed by atoms with E-state index in [2.05, 4.69) is 0 Å². The molecular formula is C17H14O5S. The average molecular weight is 330 g/mol. The first kappa shape index (κ1) is 15.6. The Balaban J connectivity index is 2.19. The molecule has 0 saturated heterocycles. The summed E-state index contributed by atoms with van der Waals surface area (Å²) in [5, 5.41) is 0.897. The monoisotopic (exact) mass is 330 g/mol. The van der Waals surface area contributed by atoms with Crippen LogP contribution in [0.5, 0.6) is 0 Å². The van der Waals surface area contributed by atoms with E-state index in [0.717, 1.165) is 4.90 Å². The minimum Gasteiger partial charge on any atom is -0.462 e. The molecule has 5 nitrogen and oxygen atoms in total.